The summed E-state index contributed by atoms with van der Waals surface area (Å²) in [5.74, 6) is 0.228. The number of carbonyl (C=O) groups excluding carboxylic acids is 1. The van der Waals surface area contributed by atoms with Gasteiger partial charge in [-0.1, -0.05) is 0 Å². The highest BCUT2D eigenvalue weighted by molar-refractivity contribution is 9.10. The lowest BCUT2D eigenvalue weighted by molar-refractivity contribution is 0.262. The molecule has 0 saturated carbocycles. The van der Waals surface area contributed by atoms with Crippen molar-refractivity contribution in [3.05, 3.63) is 41.1 Å². The molecule has 2 amide bonds. The monoisotopic (exact) mass is 307 g/mol. The minimum atomic E-state index is -0.415. The maximum atomic E-state index is 11.6. The first-order valence-electron chi connectivity index (χ1n) is 5.04. The van der Waals surface area contributed by atoms with Crippen molar-refractivity contribution in [2.75, 3.05) is 16.4 Å². The molecule has 2 rings (SSSR count). The molecule has 7 heteroatoms. The first-order chi connectivity index (χ1) is 8.63. The van der Waals surface area contributed by atoms with Gasteiger partial charge in [-0.15, -0.1) is 0 Å². The highest BCUT2D eigenvalue weighted by Crippen LogP contribution is 2.11. The van der Waals surface area contributed by atoms with E-state index in [1.54, 1.807) is 36.7 Å². The number of rotatable bonds is 2. The minimum Gasteiger partial charge on any atom is -0.399 e. The van der Waals surface area contributed by atoms with Crippen molar-refractivity contribution in [2.24, 2.45) is 0 Å². The molecule has 0 unspecified atom stereocenters. The van der Waals surface area contributed by atoms with Gasteiger partial charge in [0.1, 0.15) is 0 Å². The number of hydrogen-bond acceptors (Lipinski definition) is 4. The van der Waals surface area contributed by atoms with Crippen molar-refractivity contribution in [3.8, 4) is 0 Å². The molecule has 1 aromatic carbocycles. The molecule has 0 aliphatic rings. The number of benzene rings is 1. The number of nitrogens with zero attached hydrogens (tertiary/aromatic N) is 2. The summed E-state index contributed by atoms with van der Waals surface area (Å²) in [7, 11) is 0. The molecular formula is C11H10BrN5O. The molecule has 0 spiro atoms. The van der Waals surface area contributed by atoms with Gasteiger partial charge in [-0.2, -0.15) is 0 Å². The number of carbonyl (C=O) groups is 1. The first-order valence-corrected chi connectivity index (χ1v) is 5.84. The first kappa shape index (κ1) is 12.3. The van der Waals surface area contributed by atoms with Crippen LogP contribution in [-0.2, 0) is 0 Å². The lowest BCUT2D eigenvalue weighted by Gasteiger charge is -2.06. The lowest BCUT2D eigenvalue weighted by atomic mass is 10.3. The van der Waals surface area contributed by atoms with Gasteiger partial charge in [0.05, 0.1) is 4.47 Å². The summed E-state index contributed by atoms with van der Waals surface area (Å²) in [6.45, 7) is 0. The predicted octanol–water partition coefficient (Wildman–Crippen LogP) is 2.47. The Morgan fingerprint density at radius 3 is 2.33 bits per heavy atom. The third-order valence-corrected chi connectivity index (χ3v) is 2.42. The summed E-state index contributed by atoms with van der Waals surface area (Å²) in [5, 5.41) is 5.14. The number of nitrogen functional groups attached to an aromatic ring is 1. The van der Waals surface area contributed by atoms with Gasteiger partial charge in [0.2, 0.25) is 5.95 Å². The SMILES string of the molecule is Nc1ccc(NC(=O)Nc2ncc(Br)cn2)cc1. The Labute approximate surface area is 112 Å². The maximum Gasteiger partial charge on any atom is 0.326 e. The van der Waals surface area contributed by atoms with Crippen molar-refractivity contribution in [2.45, 2.75) is 0 Å². The Balaban J connectivity index is 1.96. The zero-order chi connectivity index (χ0) is 13.0. The quantitative estimate of drug-likeness (QED) is 0.743. The van der Waals surface area contributed by atoms with E-state index in [9.17, 15) is 4.79 Å². The highest BCUT2D eigenvalue weighted by atomic mass is 79.9. The van der Waals surface area contributed by atoms with E-state index in [1.165, 1.54) is 0 Å². The number of hydrogen-bond donors (Lipinski definition) is 3. The molecule has 2 aromatic rings. The average molecular weight is 308 g/mol. The van der Waals surface area contributed by atoms with Gasteiger partial charge in [0, 0.05) is 23.8 Å². The average Bonchev–Trinajstić information content (AvgIpc) is 2.35. The van der Waals surface area contributed by atoms with Crippen LogP contribution in [-0.4, -0.2) is 16.0 Å². The summed E-state index contributed by atoms with van der Waals surface area (Å²) in [4.78, 5) is 19.5. The highest BCUT2D eigenvalue weighted by Gasteiger charge is 2.04. The molecule has 0 saturated heterocycles. The second-order valence-corrected chi connectivity index (χ2v) is 4.34. The van der Waals surface area contributed by atoms with Gasteiger partial charge < -0.3 is 11.1 Å². The molecule has 1 heterocycles. The fourth-order valence-electron chi connectivity index (χ4n) is 1.21. The second kappa shape index (κ2) is 5.46. The third kappa shape index (κ3) is 3.42. The molecule has 0 atom stereocenters. The van der Waals surface area contributed by atoms with Crippen molar-refractivity contribution in [1.82, 2.24) is 9.97 Å². The number of nitrogens with two attached hydrogens (primary N) is 1. The standard InChI is InChI=1S/C11H10BrN5O/c12-7-5-14-10(15-6-7)17-11(18)16-9-3-1-8(13)2-4-9/h1-6H,13H2,(H2,14,15,16,17,18). The molecule has 0 radical (unpaired) electrons. The predicted molar refractivity (Wildman–Crippen MR) is 73.2 cm³/mol. The number of nitrogens with one attached hydrogen (secondary N) is 2. The van der Waals surface area contributed by atoms with Crippen LogP contribution in [0.3, 0.4) is 0 Å². The molecular weight excluding hydrogens is 298 g/mol. The van der Waals surface area contributed by atoms with Crippen molar-refractivity contribution in [3.63, 3.8) is 0 Å². The van der Waals surface area contributed by atoms with Crippen molar-refractivity contribution >= 4 is 39.3 Å². The maximum absolute atomic E-state index is 11.6. The van der Waals surface area contributed by atoms with Crippen LogP contribution in [0.4, 0.5) is 22.1 Å². The van der Waals surface area contributed by atoms with Gasteiger partial charge in [0.25, 0.3) is 0 Å². The smallest absolute Gasteiger partial charge is 0.326 e. The van der Waals surface area contributed by atoms with Crippen LogP contribution in [0.5, 0.6) is 0 Å². The summed E-state index contributed by atoms with van der Waals surface area (Å²) >= 11 is 3.21. The number of urea groups is 1. The van der Waals surface area contributed by atoms with Crippen molar-refractivity contribution < 1.29 is 4.79 Å². The topological polar surface area (TPSA) is 92.9 Å². The zero-order valence-electron chi connectivity index (χ0n) is 9.22. The Bertz CT molecular complexity index is 491. The molecule has 0 fully saturated rings. The van der Waals surface area contributed by atoms with E-state index in [4.69, 9.17) is 5.73 Å². The molecule has 4 N–H and O–H groups in total. The van der Waals surface area contributed by atoms with Crippen LogP contribution in [0.1, 0.15) is 0 Å². The second-order valence-electron chi connectivity index (χ2n) is 3.43. The van der Waals surface area contributed by atoms with Crippen molar-refractivity contribution in [1.29, 1.82) is 0 Å². The summed E-state index contributed by atoms with van der Waals surface area (Å²) in [6, 6.07) is 6.40. The minimum absolute atomic E-state index is 0.228. The zero-order valence-corrected chi connectivity index (χ0v) is 10.8. The van der Waals surface area contributed by atoms with E-state index in [2.05, 4.69) is 36.5 Å². The molecule has 1 aromatic heterocycles. The van der Waals surface area contributed by atoms with Crippen LogP contribution in [0, 0.1) is 0 Å². The fourth-order valence-corrected chi connectivity index (χ4v) is 1.41. The van der Waals surface area contributed by atoms with Gasteiger partial charge in [-0.05, 0) is 40.2 Å². The van der Waals surface area contributed by atoms with E-state index in [-0.39, 0.29) is 5.95 Å². The fraction of sp³-hybridized carbons (Fsp3) is 0. The van der Waals surface area contributed by atoms with Gasteiger partial charge in [-0.25, -0.2) is 14.8 Å². The van der Waals surface area contributed by atoms with Gasteiger partial charge in [0.15, 0.2) is 0 Å². The van der Waals surface area contributed by atoms with Crippen LogP contribution in [0.2, 0.25) is 0 Å². The number of halogens is 1. The van der Waals surface area contributed by atoms with Crippen LogP contribution >= 0.6 is 15.9 Å². The van der Waals surface area contributed by atoms with Gasteiger partial charge in [-0.3, -0.25) is 5.32 Å². The summed E-state index contributed by atoms with van der Waals surface area (Å²) in [6.07, 6.45) is 3.09. The van der Waals surface area contributed by atoms with E-state index in [0.29, 0.717) is 11.4 Å². The molecule has 0 bridgehead atoms. The largest absolute Gasteiger partial charge is 0.399 e. The number of aromatic nitrogens is 2. The van der Waals surface area contributed by atoms with Gasteiger partial charge >= 0.3 is 6.03 Å². The normalized spacial score (nSPS) is 9.83. The summed E-state index contributed by atoms with van der Waals surface area (Å²) in [5.41, 5.74) is 6.82. The number of anilines is 3. The van der Waals surface area contributed by atoms with E-state index >= 15 is 0 Å². The molecule has 0 aliphatic carbocycles. The lowest BCUT2D eigenvalue weighted by Crippen LogP contribution is -2.20. The third-order valence-electron chi connectivity index (χ3n) is 2.01. The Hall–Kier alpha value is -2.15. The Morgan fingerprint density at radius 2 is 1.72 bits per heavy atom. The van der Waals surface area contributed by atoms with Crippen LogP contribution in [0.15, 0.2) is 41.1 Å². The number of amides is 2. The summed E-state index contributed by atoms with van der Waals surface area (Å²) < 4.78 is 0.743. The molecule has 6 nitrogen and oxygen atoms in total. The van der Waals surface area contributed by atoms with E-state index in [1.807, 2.05) is 0 Å². The molecule has 18 heavy (non-hydrogen) atoms. The van der Waals surface area contributed by atoms with E-state index < -0.39 is 6.03 Å². The molecule has 92 valence electrons. The molecule has 0 aliphatic heterocycles. The van der Waals surface area contributed by atoms with Crippen LogP contribution in [0.25, 0.3) is 0 Å². The Morgan fingerprint density at radius 1 is 1.11 bits per heavy atom. The van der Waals surface area contributed by atoms with E-state index in [0.717, 1.165) is 4.47 Å². The Kier molecular flexibility index (Phi) is 3.73. The van der Waals surface area contributed by atoms with Crippen LogP contribution < -0.4 is 16.4 Å².